The topological polar surface area (TPSA) is 74.7 Å². The van der Waals surface area contributed by atoms with Gasteiger partial charge in [0.05, 0.1) is 23.1 Å². The lowest BCUT2D eigenvalue weighted by Gasteiger charge is -2.28. The van der Waals surface area contributed by atoms with Crippen LogP contribution >= 0.6 is 31.9 Å². The number of amides is 2. The molecule has 1 saturated heterocycles. The predicted octanol–water partition coefficient (Wildman–Crippen LogP) is 2.67. The number of hydrogen-bond donors (Lipinski definition) is 1. The minimum Gasteiger partial charge on any atom is -0.478 e. The van der Waals surface area contributed by atoms with Gasteiger partial charge in [0, 0.05) is 9.65 Å². The van der Waals surface area contributed by atoms with E-state index in [-0.39, 0.29) is 56.4 Å². The number of hydrogen-bond acceptors (Lipinski definition) is 3. The molecule has 120 valence electrons. The molecule has 2 aliphatic carbocycles. The number of para-hydroxylation sites is 1. The summed E-state index contributed by atoms with van der Waals surface area (Å²) in [5.41, 5.74) is 0.161. The number of aromatic carboxylic acids is 1. The summed E-state index contributed by atoms with van der Waals surface area (Å²) in [5.74, 6) is -2.10. The van der Waals surface area contributed by atoms with Gasteiger partial charge in [0.25, 0.3) is 0 Å². The lowest BCUT2D eigenvalue weighted by molar-refractivity contribution is -0.123. The van der Waals surface area contributed by atoms with Crippen LogP contribution in [-0.4, -0.2) is 32.5 Å². The van der Waals surface area contributed by atoms with Crippen LogP contribution < -0.4 is 4.90 Å². The van der Waals surface area contributed by atoms with Crippen LogP contribution in [-0.2, 0) is 9.59 Å². The number of nitrogens with zero attached hydrogens (tertiary/aromatic N) is 1. The highest BCUT2D eigenvalue weighted by Crippen LogP contribution is 2.60. The van der Waals surface area contributed by atoms with Crippen LogP contribution in [0.15, 0.2) is 24.3 Å². The Morgan fingerprint density at radius 2 is 1.57 bits per heavy atom. The van der Waals surface area contributed by atoms with Gasteiger partial charge >= 0.3 is 5.97 Å². The Morgan fingerprint density at radius 1 is 1.04 bits per heavy atom. The van der Waals surface area contributed by atoms with Crippen molar-refractivity contribution >= 4 is 55.3 Å². The van der Waals surface area contributed by atoms with Gasteiger partial charge in [-0.25, -0.2) is 9.69 Å². The van der Waals surface area contributed by atoms with Crippen molar-refractivity contribution in [1.29, 1.82) is 0 Å². The van der Waals surface area contributed by atoms with E-state index in [9.17, 15) is 19.5 Å². The highest BCUT2D eigenvalue weighted by molar-refractivity contribution is 9.12. The number of rotatable bonds is 2. The third-order valence-electron chi connectivity index (χ3n) is 5.36. The van der Waals surface area contributed by atoms with Crippen molar-refractivity contribution in [3.05, 3.63) is 29.8 Å². The first-order valence-electron chi connectivity index (χ1n) is 7.41. The lowest BCUT2D eigenvalue weighted by Crippen LogP contribution is -2.37. The standard InChI is InChI=1S/C16H13Br2NO4/c17-12-7-5-8(13(12)18)11-10(7)14(20)19(15(11)21)9-4-2-1-3-6(9)16(22)23/h1-4,7-8,10-13H,5H2,(H,22,23)/t7-,8+,10-,11-,12-,13+/m0/s1. The van der Waals surface area contributed by atoms with E-state index in [1.54, 1.807) is 12.1 Å². The Morgan fingerprint density at radius 3 is 2.09 bits per heavy atom. The first-order chi connectivity index (χ1) is 10.9. The van der Waals surface area contributed by atoms with Crippen LogP contribution in [0.1, 0.15) is 16.8 Å². The number of carbonyl (C=O) groups is 3. The molecule has 1 heterocycles. The molecule has 1 aromatic carbocycles. The molecular weight excluding hydrogens is 430 g/mol. The van der Waals surface area contributed by atoms with Crippen molar-refractivity contribution in [1.82, 2.24) is 0 Å². The van der Waals surface area contributed by atoms with Crippen LogP contribution in [0.25, 0.3) is 0 Å². The van der Waals surface area contributed by atoms with E-state index >= 15 is 0 Å². The van der Waals surface area contributed by atoms with Gasteiger partial charge < -0.3 is 5.11 Å². The molecule has 1 aliphatic heterocycles. The number of carboxylic acids is 1. The van der Waals surface area contributed by atoms with Crippen LogP contribution in [0.3, 0.4) is 0 Å². The van der Waals surface area contributed by atoms with Gasteiger partial charge in [-0.1, -0.05) is 44.0 Å². The average Bonchev–Trinajstić information content (AvgIpc) is 3.12. The van der Waals surface area contributed by atoms with E-state index in [0.717, 1.165) is 11.3 Å². The van der Waals surface area contributed by atoms with E-state index in [2.05, 4.69) is 31.9 Å². The smallest absolute Gasteiger partial charge is 0.337 e. The summed E-state index contributed by atoms with van der Waals surface area (Å²) in [5, 5.41) is 9.34. The zero-order valence-corrected chi connectivity index (χ0v) is 15.0. The van der Waals surface area contributed by atoms with Crippen molar-refractivity contribution in [3.8, 4) is 0 Å². The molecule has 2 saturated carbocycles. The molecule has 0 spiro atoms. The molecule has 0 unspecified atom stereocenters. The third kappa shape index (κ3) is 1.92. The number of halogens is 2. The van der Waals surface area contributed by atoms with Gasteiger partial charge in [0.15, 0.2) is 0 Å². The van der Waals surface area contributed by atoms with Crippen LogP contribution in [0.4, 0.5) is 5.69 Å². The summed E-state index contributed by atoms with van der Waals surface area (Å²) < 4.78 is 0. The zero-order chi connectivity index (χ0) is 16.5. The minimum atomic E-state index is -1.14. The first kappa shape index (κ1) is 15.3. The van der Waals surface area contributed by atoms with E-state index in [1.165, 1.54) is 12.1 Å². The number of carbonyl (C=O) groups excluding carboxylic acids is 2. The zero-order valence-electron chi connectivity index (χ0n) is 11.9. The maximum atomic E-state index is 12.9. The molecule has 7 heteroatoms. The van der Waals surface area contributed by atoms with Crippen molar-refractivity contribution < 1.29 is 19.5 Å². The number of fused-ring (bicyclic) bond motifs is 5. The van der Waals surface area contributed by atoms with E-state index < -0.39 is 5.97 Å². The van der Waals surface area contributed by atoms with Crippen LogP contribution in [0.2, 0.25) is 0 Å². The van der Waals surface area contributed by atoms with E-state index in [4.69, 9.17) is 0 Å². The molecule has 3 fully saturated rings. The Labute approximate surface area is 149 Å². The van der Waals surface area contributed by atoms with Gasteiger partial charge in [-0.05, 0) is 30.4 Å². The van der Waals surface area contributed by atoms with E-state index in [1.807, 2.05) is 0 Å². The van der Waals surface area contributed by atoms with Gasteiger partial charge in [-0.3, -0.25) is 9.59 Å². The maximum absolute atomic E-state index is 12.9. The summed E-state index contributed by atoms with van der Waals surface area (Å²) >= 11 is 7.27. The molecule has 2 amide bonds. The molecule has 5 nitrogen and oxygen atoms in total. The van der Waals surface area contributed by atoms with Crippen molar-refractivity contribution in [2.45, 2.75) is 16.1 Å². The van der Waals surface area contributed by atoms with Gasteiger partial charge in [-0.15, -0.1) is 0 Å². The fourth-order valence-electron chi connectivity index (χ4n) is 4.44. The summed E-state index contributed by atoms with van der Waals surface area (Å²) in [4.78, 5) is 38.6. The van der Waals surface area contributed by atoms with Crippen molar-refractivity contribution in [3.63, 3.8) is 0 Å². The fraction of sp³-hybridized carbons (Fsp3) is 0.438. The maximum Gasteiger partial charge on any atom is 0.337 e. The second-order valence-corrected chi connectivity index (χ2v) is 8.45. The molecule has 1 N–H and O–H groups in total. The Hall–Kier alpha value is -1.21. The first-order valence-corrected chi connectivity index (χ1v) is 9.25. The summed E-state index contributed by atoms with van der Waals surface area (Å²) in [6, 6.07) is 6.18. The largest absolute Gasteiger partial charge is 0.478 e. The molecular formula is C16H13Br2NO4. The Bertz CT molecular complexity index is 705. The minimum absolute atomic E-state index is 0.0210. The number of alkyl halides is 2. The molecule has 3 aliphatic rings. The highest BCUT2D eigenvalue weighted by atomic mass is 79.9. The van der Waals surface area contributed by atoms with Crippen molar-refractivity contribution in [2.75, 3.05) is 4.90 Å². The van der Waals surface area contributed by atoms with Crippen LogP contribution in [0, 0.1) is 23.7 Å². The number of carboxylic acid groups (broad SMARTS) is 1. The van der Waals surface area contributed by atoms with Crippen LogP contribution in [0.5, 0.6) is 0 Å². The van der Waals surface area contributed by atoms with Gasteiger partial charge in [0.1, 0.15) is 0 Å². The molecule has 1 aromatic rings. The molecule has 23 heavy (non-hydrogen) atoms. The summed E-state index contributed by atoms with van der Waals surface area (Å²) in [6.45, 7) is 0. The fourth-order valence-corrected chi connectivity index (χ4v) is 6.31. The Balaban J connectivity index is 1.78. The lowest BCUT2D eigenvalue weighted by atomic mass is 9.81. The molecule has 6 atom stereocenters. The third-order valence-corrected chi connectivity index (χ3v) is 8.57. The normalized spacial score (nSPS) is 38.3. The second-order valence-electron chi connectivity index (χ2n) is 6.34. The molecule has 0 aromatic heterocycles. The van der Waals surface area contributed by atoms with Gasteiger partial charge in [0.2, 0.25) is 11.8 Å². The van der Waals surface area contributed by atoms with Crippen molar-refractivity contribution in [2.24, 2.45) is 23.7 Å². The second kappa shape index (κ2) is 5.14. The SMILES string of the molecule is O=C(O)c1ccccc1N1C(=O)[C@H]2[C@@H]3C[C@@H]([C@@H](Br)[C@H]3Br)[C@@H]2C1=O. The van der Waals surface area contributed by atoms with Gasteiger partial charge in [-0.2, -0.15) is 0 Å². The number of benzene rings is 1. The molecule has 4 rings (SSSR count). The number of imide groups is 1. The quantitative estimate of drug-likeness (QED) is 0.564. The molecule has 0 radical (unpaired) electrons. The monoisotopic (exact) mass is 441 g/mol. The molecule has 2 bridgehead atoms. The highest BCUT2D eigenvalue weighted by Gasteiger charge is 2.66. The summed E-state index contributed by atoms with van der Waals surface area (Å²) in [6.07, 6.45) is 0.854. The average molecular weight is 443 g/mol. The Kier molecular flexibility index (Phi) is 3.43. The number of anilines is 1. The predicted molar refractivity (Wildman–Crippen MR) is 89.9 cm³/mol. The summed E-state index contributed by atoms with van der Waals surface area (Å²) in [7, 11) is 0. The van der Waals surface area contributed by atoms with E-state index in [0.29, 0.717) is 0 Å².